The Hall–Kier alpha value is -7.41. The minimum atomic E-state index is -0.472. The lowest BCUT2D eigenvalue weighted by Gasteiger charge is -2.40. The molecule has 0 radical (unpaired) electrons. The van der Waals surface area contributed by atoms with E-state index in [1.54, 1.807) is 0 Å². The molecule has 324 valence electrons. The van der Waals surface area contributed by atoms with Gasteiger partial charge >= 0.3 is 0 Å². The summed E-state index contributed by atoms with van der Waals surface area (Å²) in [6.45, 7) is 7.42. The standard InChI is InChI=1S/C60H53N5O/c1-5-47-28-17-19-34-60(47,3)50-30-14-16-32-52(50)64(4)58-62-56(45-27-21-26-42(36-45)41-22-9-8-10-23-41)61-57(63-58)46-39-54(55-59(2,40-46)33-18-6-7-20-35-66-55)65-51-31-15-13-29-48(51)49-37-43-24-11-12-25-44(43)38-53(49)65/h6-32,34,36-40,47,55H,5,33,35H2,1-4H3/b18-6-,20-7-. The first kappa shape index (κ1) is 41.3. The van der Waals surface area contributed by atoms with E-state index in [-0.39, 0.29) is 11.5 Å². The number of anilines is 2. The van der Waals surface area contributed by atoms with E-state index in [0.29, 0.717) is 30.1 Å². The molecule has 0 bridgehead atoms. The highest BCUT2D eigenvalue weighted by Gasteiger charge is 2.41. The van der Waals surface area contributed by atoms with Crippen LogP contribution in [0.3, 0.4) is 0 Å². The van der Waals surface area contributed by atoms with Crippen molar-refractivity contribution in [1.29, 1.82) is 0 Å². The van der Waals surface area contributed by atoms with Gasteiger partial charge in [0.05, 0.1) is 23.3 Å². The summed E-state index contributed by atoms with van der Waals surface area (Å²) in [5.41, 5.74) is 8.97. The first-order valence-electron chi connectivity index (χ1n) is 23.2. The molecule has 66 heavy (non-hydrogen) atoms. The zero-order chi connectivity index (χ0) is 44.8. The topological polar surface area (TPSA) is 56.1 Å². The Morgan fingerprint density at radius 1 is 0.667 bits per heavy atom. The van der Waals surface area contributed by atoms with Crippen molar-refractivity contribution < 1.29 is 4.74 Å². The molecule has 1 aliphatic heterocycles. The van der Waals surface area contributed by atoms with Crippen LogP contribution in [0.15, 0.2) is 200 Å². The average Bonchev–Trinajstić information content (AvgIpc) is 3.72. The molecule has 8 aromatic rings. The number of para-hydroxylation sites is 2. The normalized spacial score (nSPS) is 22.5. The van der Waals surface area contributed by atoms with Gasteiger partial charge in [0.1, 0.15) is 6.10 Å². The number of allylic oxidation sites excluding steroid dienone is 9. The SMILES string of the molecule is CCC1C=CC=CC1(C)c1ccccc1N(C)c1nc(C2=CC3(C)C/C=C\C=C/COC3C(n3c4ccccc4c4cc5ccccc5cc43)=C2)nc(-c2cccc(-c3ccccc3)c2)n1. The molecule has 2 aliphatic carbocycles. The predicted octanol–water partition coefficient (Wildman–Crippen LogP) is 14.5. The Morgan fingerprint density at radius 3 is 2.26 bits per heavy atom. The van der Waals surface area contributed by atoms with Crippen molar-refractivity contribution in [3.8, 4) is 22.5 Å². The highest BCUT2D eigenvalue weighted by molar-refractivity contribution is 6.14. The molecule has 0 N–H and O–H groups in total. The highest BCUT2D eigenvalue weighted by atomic mass is 16.5. The Morgan fingerprint density at radius 2 is 1.39 bits per heavy atom. The van der Waals surface area contributed by atoms with E-state index >= 15 is 0 Å². The molecule has 6 nitrogen and oxygen atoms in total. The second-order valence-corrected chi connectivity index (χ2v) is 18.4. The molecule has 3 aliphatic rings. The Kier molecular flexibility index (Phi) is 10.6. The molecular weight excluding hydrogens is 807 g/mol. The van der Waals surface area contributed by atoms with Crippen LogP contribution in [0, 0.1) is 11.3 Å². The summed E-state index contributed by atoms with van der Waals surface area (Å²) in [5.74, 6) is 2.12. The van der Waals surface area contributed by atoms with E-state index in [1.165, 1.54) is 27.1 Å². The van der Waals surface area contributed by atoms with Gasteiger partial charge in [-0.05, 0) is 82.6 Å². The van der Waals surface area contributed by atoms with Gasteiger partial charge in [-0.1, -0.05) is 185 Å². The molecular formula is C60H53N5O. The first-order valence-corrected chi connectivity index (χ1v) is 23.2. The van der Waals surface area contributed by atoms with Crippen LogP contribution in [0.1, 0.15) is 45.0 Å². The quantitative estimate of drug-likeness (QED) is 0.152. The van der Waals surface area contributed by atoms with Crippen molar-refractivity contribution in [1.82, 2.24) is 19.5 Å². The minimum absolute atomic E-state index is 0.225. The number of hydrogen-bond acceptors (Lipinski definition) is 5. The fourth-order valence-corrected chi connectivity index (χ4v) is 10.6. The van der Waals surface area contributed by atoms with Gasteiger partial charge in [0.25, 0.3) is 0 Å². The van der Waals surface area contributed by atoms with Gasteiger partial charge in [0, 0.05) is 45.5 Å². The van der Waals surface area contributed by atoms with Gasteiger partial charge < -0.3 is 14.2 Å². The third-order valence-electron chi connectivity index (χ3n) is 14.1. The lowest BCUT2D eigenvalue weighted by atomic mass is 9.68. The molecule has 0 fully saturated rings. The largest absolute Gasteiger partial charge is 0.367 e. The lowest BCUT2D eigenvalue weighted by Crippen LogP contribution is -2.38. The summed E-state index contributed by atoms with van der Waals surface area (Å²) >= 11 is 0. The maximum Gasteiger partial charge on any atom is 0.233 e. The number of rotatable bonds is 8. The van der Waals surface area contributed by atoms with Crippen molar-refractivity contribution in [2.75, 3.05) is 18.6 Å². The zero-order valence-corrected chi connectivity index (χ0v) is 38.0. The molecule has 6 heteroatoms. The van der Waals surface area contributed by atoms with Crippen molar-refractivity contribution >= 4 is 55.5 Å². The predicted molar refractivity (Wildman–Crippen MR) is 275 cm³/mol. The maximum atomic E-state index is 7.01. The van der Waals surface area contributed by atoms with Crippen LogP contribution in [-0.2, 0) is 10.2 Å². The maximum absolute atomic E-state index is 7.01. The summed E-state index contributed by atoms with van der Waals surface area (Å²) < 4.78 is 9.44. The molecule has 2 aromatic heterocycles. The summed E-state index contributed by atoms with van der Waals surface area (Å²) in [7, 11) is 2.09. The van der Waals surface area contributed by atoms with Crippen molar-refractivity contribution in [3.63, 3.8) is 0 Å². The third-order valence-corrected chi connectivity index (χ3v) is 14.1. The molecule has 0 amide bonds. The average molecular weight is 860 g/mol. The summed E-state index contributed by atoms with van der Waals surface area (Å²) in [6.07, 6.45) is 23.8. The van der Waals surface area contributed by atoms with Crippen LogP contribution >= 0.6 is 0 Å². The summed E-state index contributed by atoms with van der Waals surface area (Å²) in [5, 5.41) is 4.81. The van der Waals surface area contributed by atoms with Crippen molar-refractivity contribution in [3.05, 3.63) is 212 Å². The number of ether oxygens (including phenoxy) is 1. The van der Waals surface area contributed by atoms with E-state index in [9.17, 15) is 0 Å². The third kappa shape index (κ3) is 7.22. The number of hydrogen-bond donors (Lipinski definition) is 0. The fourth-order valence-electron chi connectivity index (χ4n) is 10.6. The summed E-state index contributed by atoms with van der Waals surface area (Å²) in [6, 6.07) is 49.8. The molecule has 3 heterocycles. The van der Waals surface area contributed by atoms with Crippen LogP contribution in [-0.4, -0.2) is 39.3 Å². The Bertz CT molecular complexity index is 3350. The molecule has 11 rings (SSSR count). The van der Waals surface area contributed by atoms with E-state index in [1.807, 2.05) is 0 Å². The van der Waals surface area contributed by atoms with Crippen molar-refractivity contribution in [2.24, 2.45) is 11.3 Å². The smallest absolute Gasteiger partial charge is 0.233 e. The molecule has 4 unspecified atom stereocenters. The fraction of sp³-hybridized carbons (Fsp3) is 0.183. The van der Waals surface area contributed by atoms with E-state index in [0.717, 1.165) is 57.5 Å². The Labute approximate surface area is 387 Å². The molecule has 0 spiro atoms. The Balaban J connectivity index is 1.15. The van der Waals surface area contributed by atoms with E-state index in [4.69, 9.17) is 19.7 Å². The number of fused-ring (bicyclic) bond motifs is 5. The number of benzene rings is 6. The van der Waals surface area contributed by atoms with Crippen LogP contribution < -0.4 is 4.90 Å². The van der Waals surface area contributed by atoms with Gasteiger partial charge in [-0.3, -0.25) is 0 Å². The lowest BCUT2D eigenvalue weighted by molar-refractivity contribution is 0.0416. The van der Waals surface area contributed by atoms with E-state index < -0.39 is 5.41 Å². The van der Waals surface area contributed by atoms with Crippen molar-refractivity contribution in [2.45, 2.75) is 45.1 Å². The van der Waals surface area contributed by atoms with Gasteiger partial charge in [-0.15, -0.1) is 0 Å². The first-order chi connectivity index (χ1) is 32.3. The van der Waals surface area contributed by atoms with Gasteiger partial charge in [0.2, 0.25) is 5.95 Å². The van der Waals surface area contributed by atoms with Crippen LogP contribution in [0.4, 0.5) is 11.6 Å². The highest BCUT2D eigenvalue weighted by Crippen LogP contribution is 2.48. The molecule has 0 saturated heterocycles. The second-order valence-electron chi connectivity index (χ2n) is 18.4. The summed E-state index contributed by atoms with van der Waals surface area (Å²) in [4.78, 5) is 18.4. The number of aromatic nitrogens is 4. The van der Waals surface area contributed by atoms with E-state index in [2.05, 4.69) is 238 Å². The van der Waals surface area contributed by atoms with Crippen LogP contribution in [0.25, 0.3) is 66.4 Å². The molecule has 4 atom stereocenters. The van der Waals surface area contributed by atoms with Gasteiger partial charge in [-0.2, -0.15) is 9.97 Å². The zero-order valence-electron chi connectivity index (χ0n) is 38.0. The van der Waals surface area contributed by atoms with Crippen LogP contribution in [0.5, 0.6) is 0 Å². The van der Waals surface area contributed by atoms with Gasteiger partial charge in [0.15, 0.2) is 11.6 Å². The van der Waals surface area contributed by atoms with Crippen LogP contribution in [0.2, 0.25) is 0 Å². The minimum Gasteiger partial charge on any atom is -0.367 e. The monoisotopic (exact) mass is 859 g/mol. The molecule has 0 saturated carbocycles. The molecule has 6 aromatic carbocycles. The van der Waals surface area contributed by atoms with Gasteiger partial charge in [-0.25, -0.2) is 4.98 Å². The second kappa shape index (κ2) is 16.9. The number of nitrogens with zero attached hydrogens (tertiary/aromatic N) is 5.